The van der Waals surface area contributed by atoms with E-state index < -0.39 is 12.1 Å². The zero-order valence-corrected chi connectivity index (χ0v) is 16.5. The molecule has 0 saturated carbocycles. The van der Waals surface area contributed by atoms with Gasteiger partial charge in [0.1, 0.15) is 0 Å². The van der Waals surface area contributed by atoms with Gasteiger partial charge in [0.25, 0.3) is 11.8 Å². The van der Waals surface area contributed by atoms with E-state index >= 15 is 0 Å². The van der Waals surface area contributed by atoms with Crippen LogP contribution in [0.25, 0.3) is 10.8 Å². The number of hydrogen-bond acceptors (Lipinski definition) is 4. The second kappa shape index (κ2) is 9.25. The summed E-state index contributed by atoms with van der Waals surface area (Å²) in [5.41, 5.74) is 11.3. The van der Waals surface area contributed by atoms with E-state index in [2.05, 4.69) is 10.6 Å². The smallest absolute Gasteiger partial charge is 0.312 e. The molecule has 0 spiro atoms. The Morgan fingerprint density at radius 1 is 0.900 bits per heavy atom. The highest BCUT2D eigenvalue weighted by Gasteiger charge is 2.32. The first-order chi connectivity index (χ1) is 14.4. The molecule has 0 saturated heterocycles. The molecule has 2 aromatic carbocycles. The number of rotatable bonds is 9. The normalized spacial score (nSPS) is 13.9. The van der Waals surface area contributed by atoms with Gasteiger partial charge in [-0.15, -0.1) is 0 Å². The quantitative estimate of drug-likeness (QED) is 0.367. The summed E-state index contributed by atoms with van der Waals surface area (Å²) in [5.74, 6) is -0.622. The lowest BCUT2D eigenvalue weighted by Gasteiger charge is -2.28. The van der Waals surface area contributed by atoms with Crippen molar-refractivity contribution in [3.63, 3.8) is 0 Å². The first kappa shape index (κ1) is 21.1. The van der Waals surface area contributed by atoms with Crippen molar-refractivity contribution in [2.24, 2.45) is 11.5 Å². The van der Waals surface area contributed by atoms with Crippen molar-refractivity contribution in [3.8, 4) is 0 Å². The molecule has 0 bridgehead atoms. The predicted molar refractivity (Wildman–Crippen MR) is 112 cm³/mol. The molecule has 9 heteroatoms. The number of carbonyl (C=O) groups excluding carboxylic acids is 4. The van der Waals surface area contributed by atoms with Crippen LogP contribution >= 0.6 is 0 Å². The zero-order chi connectivity index (χ0) is 21.7. The van der Waals surface area contributed by atoms with Crippen molar-refractivity contribution in [3.05, 3.63) is 47.5 Å². The molecule has 6 N–H and O–H groups in total. The number of hydrogen-bond donors (Lipinski definition) is 4. The summed E-state index contributed by atoms with van der Waals surface area (Å²) in [6.45, 7) is 0.620. The third kappa shape index (κ3) is 4.68. The van der Waals surface area contributed by atoms with E-state index in [9.17, 15) is 19.2 Å². The number of carbonyl (C=O) groups is 4. The lowest BCUT2D eigenvalue weighted by atomic mass is 9.94. The van der Waals surface area contributed by atoms with Gasteiger partial charge >= 0.3 is 12.1 Å². The highest BCUT2D eigenvalue weighted by atomic mass is 16.2. The molecule has 0 aliphatic carbocycles. The summed E-state index contributed by atoms with van der Waals surface area (Å²) < 4.78 is 0. The number of benzene rings is 2. The van der Waals surface area contributed by atoms with Gasteiger partial charge in [0.15, 0.2) is 0 Å². The van der Waals surface area contributed by atoms with Crippen LogP contribution in [0, 0.1) is 0 Å². The Morgan fingerprint density at radius 2 is 1.50 bits per heavy atom. The lowest BCUT2D eigenvalue weighted by molar-refractivity contribution is 0.0606. The van der Waals surface area contributed by atoms with Crippen LogP contribution in [-0.4, -0.2) is 47.9 Å². The van der Waals surface area contributed by atoms with Gasteiger partial charge in [-0.25, -0.2) is 9.59 Å². The fraction of sp³-hybridized carbons (Fsp3) is 0.333. The van der Waals surface area contributed by atoms with Gasteiger partial charge in [-0.2, -0.15) is 0 Å². The van der Waals surface area contributed by atoms with Crippen molar-refractivity contribution in [2.75, 3.05) is 13.1 Å². The molecule has 3 rings (SSSR count). The topological polar surface area (TPSA) is 148 Å². The van der Waals surface area contributed by atoms with Gasteiger partial charge in [0.05, 0.1) is 0 Å². The van der Waals surface area contributed by atoms with Crippen LogP contribution in [0.2, 0.25) is 0 Å². The number of amides is 6. The Labute approximate surface area is 173 Å². The van der Waals surface area contributed by atoms with Crippen LogP contribution in [0.1, 0.15) is 46.4 Å². The molecular weight excluding hydrogens is 386 g/mol. The van der Waals surface area contributed by atoms with Crippen LogP contribution in [-0.2, 0) is 0 Å². The number of primary amides is 2. The molecule has 9 nitrogen and oxygen atoms in total. The Kier molecular flexibility index (Phi) is 6.51. The fourth-order valence-electron chi connectivity index (χ4n) is 3.83. The molecule has 1 aliphatic rings. The van der Waals surface area contributed by atoms with Gasteiger partial charge in [-0.1, -0.05) is 24.3 Å². The first-order valence-corrected chi connectivity index (χ1v) is 9.85. The molecule has 0 aromatic heterocycles. The molecule has 158 valence electrons. The Morgan fingerprint density at radius 3 is 2.07 bits per heavy atom. The summed E-state index contributed by atoms with van der Waals surface area (Å²) in [6.07, 6.45) is 2.21. The molecule has 2 aromatic rings. The molecule has 30 heavy (non-hydrogen) atoms. The standard InChI is InChI=1S/C21H25N5O4/c22-20(29)24-11-3-7-14(25-21(23)30)8-4-12-26-18(27)15-9-1-5-13-6-2-10-16(17(13)15)19(26)28/h1-2,5-6,9-10,14H,3-4,7-8,11-12H2,(H3,22,24,29)(H3,23,25,30). The van der Waals surface area contributed by atoms with Gasteiger partial charge in [0.2, 0.25) is 0 Å². The predicted octanol–water partition coefficient (Wildman–Crippen LogP) is 1.70. The molecule has 6 amide bonds. The Balaban J connectivity index is 1.63. The molecule has 1 atom stereocenters. The van der Waals surface area contributed by atoms with Gasteiger partial charge < -0.3 is 22.1 Å². The number of nitrogens with zero attached hydrogens (tertiary/aromatic N) is 1. The van der Waals surface area contributed by atoms with Crippen LogP contribution in [0.3, 0.4) is 0 Å². The molecular formula is C21H25N5O4. The minimum atomic E-state index is -0.645. The third-order valence-corrected chi connectivity index (χ3v) is 5.17. The summed E-state index contributed by atoms with van der Waals surface area (Å²) in [4.78, 5) is 49.1. The zero-order valence-electron chi connectivity index (χ0n) is 16.5. The maximum absolute atomic E-state index is 12.9. The van der Waals surface area contributed by atoms with Crippen molar-refractivity contribution in [2.45, 2.75) is 31.7 Å². The van der Waals surface area contributed by atoms with Crippen molar-refractivity contribution < 1.29 is 19.2 Å². The minimum absolute atomic E-state index is 0.233. The van der Waals surface area contributed by atoms with Gasteiger partial charge in [-0.05, 0) is 43.2 Å². The van der Waals surface area contributed by atoms with Crippen molar-refractivity contribution in [1.29, 1.82) is 0 Å². The summed E-state index contributed by atoms with van der Waals surface area (Å²) in [6, 6.07) is 9.36. The first-order valence-electron chi connectivity index (χ1n) is 9.85. The average Bonchev–Trinajstić information content (AvgIpc) is 2.71. The number of imide groups is 1. The van der Waals surface area contributed by atoms with E-state index in [4.69, 9.17) is 11.5 Å². The summed E-state index contributed by atoms with van der Waals surface area (Å²) in [7, 11) is 0. The molecule has 1 unspecified atom stereocenters. The molecule has 0 fully saturated rings. The van der Waals surface area contributed by atoms with E-state index in [1.165, 1.54) is 4.90 Å². The van der Waals surface area contributed by atoms with E-state index in [1.54, 1.807) is 24.3 Å². The SMILES string of the molecule is NC(=O)NCCCC(CCCN1C(=O)c2cccc3cccc(c23)C1=O)NC(N)=O. The fourth-order valence-corrected chi connectivity index (χ4v) is 3.83. The molecule has 1 heterocycles. The molecule has 1 aliphatic heterocycles. The highest BCUT2D eigenvalue weighted by molar-refractivity contribution is 6.25. The van der Waals surface area contributed by atoms with Crippen molar-refractivity contribution >= 4 is 34.6 Å². The summed E-state index contributed by atoms with van der Waals surface area (Å²) >= 11 is 0. The highest BCUT2D eigenvalue weighted by Crippen LogP contribution is 2.30. The maximum Gasteiger partial charge on any atom is 0.312 e. The lowest BCUT2D eigenvalue weighted by Crippen LogP contribution is -2.42. The van der Waals surface area contributed by atoms with Crippen LogP contribution < -0.4 is 22.1 Å². The average molecular weight is 411 g/mol. The molecule has 0 radical (unpaired) electrons. The van der Waals surface area contributed by atoms with E-state index in [-0.39, 0.29) is 24.4 Å². The van der Waals surface area contributed by atoms with Gasteiger partial charge in [-0.3, -0.25) is 14.5 Å². The Bertz CT molecular complexity index is 940. The number of urea groups is 2. The van der Waals surface area contributed by atoms with E-state index in [0.717, 1.165) is 5.39 Å². The second-order valence-electron chi connectivity index (χ2n) is 7.25. The Hall–Kier alpha value is -3.62. The van der Waals surface area contributed by atoms with Crippen LogP contribution in [0.4, 0.5) is 9.59 Å². The largest absolute Gasteiger partial charge is 0.352 e. The maximum atomic E-state index is 12.9. The van der Waals surface area contributed by atoms with Gasteiger partial charge in [0, 0.05) is 35.6 Å². The van der Waals surface area contributed by atoms with E-state index in [1.807, 2.05) is 12.1 Å². The second-order valence-corrected chi connectivity index (χ2v) is 7.25. The van der Waals surface area contributed by atoms with Crippen LogP contribution in [0.15, 0.2) is 36.4 Å². The van der Waals surface area contributed by atoms with Crippen LogP contribution in [0.5, 0.6) is 0 Å². The monoisotopic (exact) mass is 411 g/mol. The van der Waals surface area contributed by atoms with Crippen molar-refractivity contribution in [1.82, 2.24) is 15.5 Å². The summed E-state index contributed by atoms with van der Waals surface area (Å²) in [5, 5.41) is 6.71. The number of nitrogens with two attached hydrogens (primary N) is 2. The van der Waals surface area contributed by atoms with E-state index in [0.29, 0.717) is 48.7 Å². The minimum Gasteiger partial charge on any atom is -0.352 e. The number of nitrogens with one attached hydrogen (secondary N) is 2. The third-order valence-electron chi connectivity index (χ3n) is 5.17.